The lowest BCUT2D eigenvalue weighted by Crippen LogP contribution is -2.35. The molecular weight excluding hydrogens is 376 g/mol. The lowest BCUT2D eigenvalue weighted by Gasteiger charge is -2.09. The highest BCUT2D eigenvalue weighted by Gasteiger charge is 2.09. The number of rotatable bonds is 7. The van der Waals surface area contributed by atoms with E-state index in [1.165, 1.54) is 0 Å². The molecule has 0 fully saturated rings. The second-order valence-corrected chi connectivity index (χ2v) is 5.35. The Morgan fingerprint density at radius 2 is 2.07 bits per heavy atom. The van der Waals surface area contributed by atoms with Gasteiger partial charge < -0.3 is 20.7 Å². The molecule has 29 heavy (non-hydrogen) atoms. The smallest absolute Gasteiger partial charge is 0.306 e. The van der Waals surface area contributed by atoms with Crippen LogP contribution in [0.4, 0.5) is 5.69 Å². The highest BCUT2D eigenvalue weighted by molar-refractivity contribution is 5.99. The molecule has 0 aliphatic carbocycles. The summed E-state index contributed by atoms with van der Waals surface area (Å²) >= 11 is 0. The number of hydrogen-bond donors (Lipinski definition) is 4. The van der Waals surface area contributed by atoms with Gasteiger partial charge in [-0.05, 0) is 25.1 Å². The normalized spacial score (nSPS) is 9.90. The van der Waals surface area contributed by atoms with Gasteiger partial charge in [0.15, 0.2) is 0 Å². The molecule has 0 saturated heterocycles. The van der Waals surface area contributed by atoms with E-state index in [4.69, 9.17) is 10.00 Å². The molecule has 0 radical (unpaired) electrons. The van der Waals surface area contributed by atoms with Crippen LogP contribution in [0.25, 0.3) is 0 Å². The summed E-state index contributed by atoms with van der Waals surface area (Å²) in [7, 11) is 1.60. The monoisotopic (exact) mass is 398 g/mol. The van der Waals surface area contributed by atoms with Gasteiger partial charge in [-0.3, -0.25) is 19.7 Å². The van der Waals surface area contributed by atoms with Crippen LogP contribution in [0.15, 0.2) is 29.3 Å². The van der Waals surface area contributed by atoms with Crippen LogP contribution in [0.1, 0.15) is 30.1 Å². The summed E-state index contributed by atoms with van der Waals surface area (Å²) in [5, 5.41) is 19.0. The quantitative estimate of drug-likeness (QED) is 0.129. The fraction of sp³-hybridized carbons (Fsp3) is 0.316. The van der Waals surface area contributed by atoms with E-state index in [0.29, 0.717) is 17.9 Å². The van der Waals surface area contributed by atoms with Crippen molar-refractivity contribution in [2.45, 2.75) is 19.8 Å². The molecule has 1 aromatic carbocycles. The number of nitrogens with one attached hydrogen (secondary N) is 4. The Morgan fingerprint density at radius 1 is 1.28 bits per heavy atom. The molecule has 4 N–H and O–H groups in total. The van der Waals surface area contributed by atoms with Gasteiger partial charge in [-0.15, -0.1) is 4.99 Å². The van der Waals surface area contributed by atoms with E-state index in [0.717, 1.165) is 0 Å². The molecule has 1 aromatic rings. The minimum Gasteiger partial charge on any atom is -0.466 e. The molecule has 152 valence electrons. The lowest BCUT2D eigenvalue weighted by molar-refractivity contribution is -0.142. The number of benzene rings is 1. The Labute approximate surface area is 168 Å². The summed E-state index contributed by atoms with van der Waals surface area (Å²) in [6.45, 7) is 1.76. The maximum atomic E-state index is 12.2. The molecule has 2 amide bonds. The van der Waals surface area contributed by atoms with Crippen molar-refractivity contribution in [1.29, 1.82) is 5.26 Å². The van der Waals surface area contributed by atoms with Gasteiger partial charge in [-0.25, -0.2) is 0 Å². The van der Waals surface area contributed by atoms with Gasteiger partial charge in [0.2, 0.25) is 12.2 Å². The number of carbonyl (C=O) groups is 3. The standard InChI is InChI=1S/C19H22N6O4/c1-3-29-17(27)9-4-5-10-22-16(26)12-23-18(28)14-7-6-8-15(11-14)25-19(21-2)24-13-20/h6-8,11H,3-4,9,12H2,1-2H3,(H,22,26)(H,23,28)(H2,21,24,25). The van der Waals surface area contributed by atoms with Crippen LogP contribution < -0.4 is 21.3 Å². The van der Waals surface area contributed by atoms with Crippen molar-refractivity contribution in [1.82, 2.24) is 16.0 Å². The van der Waals surface area contributed by atoms with Crippen molar-refractivity contribution >= 4 is 29.4 Å². The maximum Gasteiger partial charge on any atom is 0.306 e. The summed E-state index contributed by atoms with van der Waals surface area (Å²) in [6, 6.07) is 8.89. The van der Waals surface area contributed by atoms with Gasteiger partial charge in [0.1, 0.15) is 0 Å². The van der Waals surface area contributed by atoms with Crippen molar-refractivity contribution < 1.29 is 19.1 Å². The third kappa shape index (κ3) is 9.45. The first-order valence-electron chi connectivity index (χ1n) is 8.72. The fourth-order valence-corrected chi connectivity index (χ4v) is 1.95. The predicted molar refractivity (Wildman–Crippen MR) is 106 cm³/mol. The first-order chi connectivity index (χ1) is 14.0. The van der Waals surface area contributed by atoms with Crippen LogP contribution in [-0.2, 0) is 14.3 Å². The summed E-state index contributed by atoms with van der Waals surface area (Å²) in [6.07, 6.45) is 2.05. The zero-order valence-corrected chi connectivity index (χ0v) is 16.2. The molecule has 0 atom stereocenters. The van der Waals surface area contributed by atoms with Gasteiger partial charge in [-0.2, -0.15) is 5.26 Å². The Kier molecular flexibility index (Phi) is 10.4. The molecule has 1 rings (SSSR count). The van der Waals surface area contributed by atoms with Gasteiger partial charge in [-0.1, -0.05) is 12.0 Å². The van der Waals surface area contributed by atoms with E-state index >= 15 is 0 Å². The van der Waals surface area contributed by atoms with E-state index in [9.17, 15) is 14.4 Å². The minimum absolute atomic E-state index is 0.145. The zero-order valence-electron chi connectivity index (χ0n) is 16.2. The molecule has 10 nitrogen and oxygen atoms in total. The van der Waals surface area contributed by atoms with Gasteiger partial charge >= 0.3 is 5.97 Å². The highest BCUT2D eigenvalue weighted by atomic mass is 16.5. The van der Waals surface area contributed by atoms with Gasteiger partial charge in [0.25, 0.3) is 11.8 Å². The average molecular weight is 398 g/mol. The Morgan fingerprint density at radius 3 is 2.76 bits per heavy atom. The number of guanidine groups is 1. The average Bonchev–Trinajstić information content (AvgIpc) is 2.71. The first kappa shape index (κ1) is 23.0. The van der Waals surface area contributed by atoms with Crippen LogP contribution in [0.5, 0.6) is 0 Å². The first-order valence-corrected chi connectivity index (χ1v) is 8.72. The predicted octanol–water partition coefficient (Wildman–Crippen LogP) is 0.305. The fourth-order valence-electron chi connectivity index (χ4n) is 1.95. The molecule has 0 heterocycles. The molecule has 0 aliphatic heterocycles. The SMILES string of the molecule is CCOC(=O)CCC#CNC(=O)CNC(=O)c1cccc(NC(=NC#N)NC)c1. The summed E-state index contributed by atoms with van der Waals surface area (Å²) in [5.41, 5.74) is 0.855. The van der Waals surface area contributed by atoms with Crippen molar-refractivity contribution in [3.8, 4) is 18.2 Å². The van der Waals surface area contributed by atoms with Crippen LogP contribution in [0.3, 0.4) is 0 Å². The topological polar surface area (TPSA) is 145 Å². The van der Waals surface area contributed by atoms with Crippen molar-refractivity contribution in [3.63, 3.8) is 0 Å². The minimum atomic E-state index is -0.491. The number of hydrogen-bond acceptors (Lipinski definition) is 6. The van der Waals surface area contributed by atoms with E-state index < -0.39 is 11.8 Å². The van der Waals surface area contributed by atoms with Crippen LogP contribution in [-0.4, -0.2) is 43.9 Å². The van der Waals surface area contributed by atoms with Crippen molar-refractivity contribution in [3.05, 3.63) is 29.8 Å². The molecule has 0 saturated carbocycles. The third-order valence-corrected chi connectivity index (χ3v) is 3.25. The number of carbonyl (C=O) groups excluding carboxylic acids is 3. The Bertz CT molecular complexity index is 863. The number of aliphatic imine (C=N–C) groups is 1. The molecular formula is C19H22N6O4. The zero-order chi connectivity index (χ0) is 21.5. The number of amides is 2. The number of anilines is 1. The summed E-state index contributed by atoms with van der Waals surface area (Å²) < 4.78 is 4.75. The molecule has 10 heteroatoms. The second kappa shape index (κ2) is 13.2. The van der Waals surface area contributed by atoms with E-state index in [2.05, 4.69) is 38.2 Å². The Balaban J connectivity index is 2.47. The van der Waals surface area contributed by atoms with Crippen LogP contribution >= 0.6 is 0 Å². The van der Waals surface area contributed by atoms with Crippen LogP contribution in [0.2, 0.25) is 0 Å². The molecule has 0 aromatic heterocycles. The van der Waals surface area contributed by atoms with Gasteiger partial charge in [0, 0.05) is 30.8 Å². The molecule has 0 spiro atoms. The Hall–Kier alpha value is -4.05. The number of esters is 1. The lowest BCUT2D eigenvalue weighted by atomic mass is 10.2. The highest BCUT2D eigenvalue weighted by Crippen LogP contribution is 2.10. The largest absolute Gasteiger partial charge is 0.466 e. The van der Waals surface area contributed by atoms with Crippen molar-refractivity contribution in [2.24, 2.45) is 4.99 Å². The number of ether oxygens (including phenoxy) is 1. The van der Waals surface area contributed by atoms with E-state index in [1.807, 2.05) is 0 Å². The molecule has 0 unspecified atom stereocenters. The summed E-state index contributed by atoms with van der Waals surface area (Å²) in [4.78, 5) is 38.6. The number of nitriles is 1. The third-order valence-electron chi connectivity index (χ3n) is 3.25. The second-order valence-electron chi connectivity index (χ2n) is 5.35. The molecule has 0 bridgehead atoms. The van der Waals surface area contributed by atoms with Crippen molar-refractivity contribution in [2.75, 3.05) is 25.5 Å². The maximum absolute atomic E-state index is 12.2. The summed E-state index contributed by atoms with van der Waals surface area (Å²) in [5.74, 6) is 1.55. The van der Waals surface area contributed by atoms with E-state index in [-0.39, 0.29) is 31.3 Å². The van der Waals surface area contributed by atoms with E-state index in [1.54, 1.807) is 44.4 Å². The molecule has 0 aliphatic rings. The van der Waals surface area contributed by atoms with Gasteiger partial charge in [0.05, 0.1) is 19.6 Å². The number of nitrogens with zero attached hydrogens (tertiary/aromatic N) is 2. The van der Waals surface area contributed by atoms with Crippen LogP contribution in [0, 0.1) is 23.4 Å².